The molecular weight excluding hydrogens is 392 g/mol. The number of nitrogens with one attached hydrogen (secondary N) is 1. The summed E-state index contributed by atoms with van der Waals surface area (Å²) >= 11 is 11.1. The molecule has 0 aliphatic rings. The van der Waals surface area contributed by atoms with Crippen LogP contribution < -0.4 is 10.5 Å². The molecule has 0 amide bonds. The highest BCUT2D eigenvalue weighted by Gasteiger charge is 2.21. The van der Waals surface area contributed by atoms with Gasteiger partial charge in [0.25, 0.3) is 0 Å². The Hall–Kier alpha value is -0.0200. The van der Waals surface area contributed by atoms with Crippen LogP contribution in [0.2, 0.25) is 0 Å². The smallest absolute Gasteiger partial charge is 0.242 e. The Morgan fingerprint density at radius 3 is 2.59 bits per heavy atom. The van der Waals surface area contributed by atoms with E-state index in [0.717, 1.165) is 0 Å². The molecule has 17 heavy (non-hydrogen) atoms. The zero-order valence-corrected chi connectivity index (χ0v) is 13.6. The summed E-state index contributed by atoms with van der Waals surface area (Å²) in [5.41, 5.74) is 5.37. The molecule has 8 heteroatoms. The number of thiocarbonyl (C=S) groups is 1. The van der Waals surface area contributed by atoms with Crippen molar-refractivity contribution in [3.8, 4) is 0 Å². The molecule has 0 fully saturated rings. The molecule has 0 aromatic heterocycles. The van der Waals surface area contributed by atoms with Crippen molar-refractivity contribution in [3.05, 3.63) is 27.1 Å². The zero-order chi connectivity index (χ0) is 13.2. The first-order valence-electron chi connectivity index (χ1n) is 4.51. The molecule has 0 aliphatic carbocycles. The fourth-order valence-corrected chi connectivity index (χ4v) is 3.90. The van der Waals surface area contributed by atoms with E-state index in [9.17, 15) is 8.42 Å². The van der Waals surface area contributed by atoms with E-state index in [2.05, 4.69) is 36.6 Å². The van der Waals surface area contributed by atoms with E-state index in [1.807, 2.05) is 0 Å². The highest BCUT2D eigenvalue weighted by atomic mass is 79.9. The van der Waals surface area contributed by atoms with E-state index in [1.165, 1.54) is 6.07 Å². The molecule has 1 unspecified atom stereocenters. The van der Waals surface area contributed by atoms with Gasteiger partial charge in [-0.05, 0) is 41.1 Å². The van der Waals surface area contributed by atoms with Crippen LogP contribution in [0.4, 0.5) is 0 Å². The van der Waals surface area contributed by atoms with Crippen molar-refractivity contribution >= 4 is 59.1 Å². The lowest BCUT2D eigenvalue weighted by molar-refractivity contribution is 0.578. The fraction of sp³-hybridized carbons (Fsp3) is 0.222. The van der Waals surface area contributed by atoms with Gasteiger partial charge in [-0.25, -0.2) is 13.1 Å². The van der Waals surface area contributed by atoms with Crippen LogP contribution in [0, 0.1) is 0 Å². The maximum Gasteiger partial charge on any atom is 0.242 e. The van der Waals surface area contributed by atoms with E-state index >= 15 is 0 Å². The van der Waals surface area contributed by atoms with Gasteiger partial charge in [-0.3, -0.25) is 0 Å². The quantitative estimate of drug-likeness (QED) is 0.758. The van der Waals surface area contributed by atoms with E-state index in [4.69, 9.17) is 18.0 Å². The molecule has 1 aromatic carbocycles. The molecule has 0 saturated carbocycles. The van der Waals surface area contributed by atoms with Gasteiger partial charge < -0.3 is 5.73 Å². The minimum absolute atomic E-state index is 0.0969. The summed E-state index contributed by atoms with van der Waals surface area (Å²) in [7, 11) is -3.65. The zero-order valence-electron chi connectivity index (χ0n) is 8.78. The summed E-state index contributed by atoms with van der Waals surface area (Å²) in [4.78, 5) is 0.231. The maximum absolute atomic E-state index is 12.0. The summed E-state index contributed by atoms with van der Waals surface area (Å²) < 4.78 is 27.6. The first-order chi connectivity index (χ1) is 7.74. The molecule has 94 valence electrons. The molecule has 0 spiro atoms. The summed E-state index contributed by atoms with van der Waals surface area (Å²) in [6.07, 6.45) is 0. The summed E-state index contributed by atoms with van der Waals surface area (Å²) in [5.74, 6) is 0. The molecule has 1 aromatic rings. The van der Waals surface area contributed by atoms with Crippen molar-refractivity contribution in [1.29, 1.82) is 0 Å². The van der Waals surface area contributed by atoms with Crippen LogP contribution in [0.25, 0.3) is 0 Å². The minimum Gasteiger partial charge on any atom is -0.392 e. The van der Waals surface area contributed by atoms with Crippen molar-refractivity contribution < 1.29 is 8.42 Å². The maximum atomic E-state index is 12.0. The second-order valence-corrected chi connectivity index (χ2v) is 7.24. The number of hydrogen-bond acceptors (Lipinski definition) is 3. The standard InChI is InChI=1S/C9H10Br2N2O2S2/c1-5(9(12)16)13-17(14,15)8-4-6(10)2-3-7(8)11/h2-5,13H,1H3,(H2,12,16). The van der Waals surface area contributed by atoms with Gasteiger partial charge in [0.2, 0.25) is 10.0 Å². The van der Waals surface area contributed by atoms with Crippen LogP contribution in [-0.4, -0.2) is 19.4 Å². The SMILES string of the molecule is CC(NS(=O)(=O)c1cc(Br)ccc1Br)C(N)=S. The highest BCUT2D eigenvalue weighted by molar-refractivity contribution is 9.11. The van der Waals surface area contributed by atoms with Gasteiger partial charge in [-0.15, -0.1) is 0 Å². The average Bonchev–Trinajstić information content (AvgIpc) is 2.20. The fourth-order valence-electron chi connectivity index (χ4n) is 1.04. The van der Waals surface area contributed by atoms with Gasteiger partial charge in [0.15, 0.2) is 0 Å². The number of sulfonamides is 1. The first-order valence-corrected chi connectivity index (χ1v) is 7.98. The number of nitrogens with two attached hydrogens (primary N) is 1. The van der Waals surface area contributed by atoms with E-state index in [0.29, 0.717) is 8.95 Å². The molecule has 0 saturated heterocycles. The molecule has 4 nitrogen and oxygen atoms in total. The lowest BCUT2D eigenvalue weighted by Gasteiger charge is -2.13. The van der Waals surface area contributed by atoms with Crippen LogP contribution in [0.3, 0.4) is 0 Å². The van der Waals surface area contributed by atoms with Gasteiger partial charge in [0.1, 0.15) is 0 Å². The number of benzene rings is 1. The van der Waals surface area contributed by atoms with Crippen molar-refractivity contribution in [2.24, 2.45) is 5.73 Å². The molecule has 0 bridgehead atoms. The van der Waals surface area contributed by atoms with Gasteiger partial charge in [0, 0.05) is 8.95 Å². The van der Waals surface area contributed by atoms with Crippen LogP contribution in [0.15, 0.2) is 32.0 Å². The Morgan fingerprint density at radius 1 is 1.47 bits per heavy atom. The third-order valence-electron chi connectivity index (χ3n) is 1.94. The minimum atomic E-state index is -3.65. The Bertz CT molecular complexity index is 546. The van der Waals surface area contributed by atoms with Crippen molar-refractivity contribution in [3.63, 3.8) is 0 Å². The third-order valence-corrected chi connectivity index (χ3v) is 5.32. The topological polar surface area (TPSA) is 72.2 Å². The molecule has 0 aliphatic heterocycles. The monoisotopic (exact) mass is 400 g/mol. The Labute approximate surface area is 122 Å². The molecule has 3 N–H and O–H groups in total. The number of halogens is 2. The van der Waals surface area contributed by atoms with Crippen molar-refractivity contribution in [2.75, 3.05) is 0 Å². The van der Waals surface area contributed by atoms with E-state index < -0.39 is 16.1 Å². The predicted octanol–water partition coefficient (Wildman–Crippen LogP) is 2.16. The van der Waals surface area contributed by atoms with Crippen LogP contribution in [-0.2, 0) is 10.0 Å². The number of rotatable bonds is 4. The molecule has 0 heterocycles. The molecular formula is C9H10Br2N2O2S2. The number of hydrogen-bond donors (Lipinski definition) is 2. The summed E-state index contributed by atoms with van der Waals surface area (Å²) in [5, 5.41) is 0. The van der Waals surface area contributed by atoms with Crippen LogP contribution >= 0.6 is 44.1 Å². The first kappa shape index (κ1) is 15.0. The summed E-state index contributed by atoms with van der Waals surface area (Å²) in [6.45, 7) is 1.59. The van der Waals surface area contributed by atoms with Crippen LogP contribution in [0.5, 0.6) is 0 Å². The van der Waals surface area contributed by atoms with Crippen molar-refractivity contribution in [1.82, 2.24) is 4.72 Å². The average molecular weight is 402 g/mol. The molecule has 1 atom stereocenters. The normalized spacial score (nSPS) is 13.4. The van der Waals surface area contributed by atoms with Gasteiger partial charge in [-0.2, -0.15) is 0 Å². The van der Waals surface area contributed by atoms with Gasteiger partial charge >= 0.3 is 0 Å². The van der Waals surface area contributed by atoms with Crippen LogP contribution in [0.1, 0.15) is 6.92 Å². The van der Waals surface area contributed by atoms with Crippen molar-refractivity contribution in [2.45, 2.75) is 17.9 Å². The molecule has 0 radical (unpaired) electrons. The second-order valence-electron chi connectivity index (χ2n) is 3.32. The third kappa shape index (κ3) is 3.99. The summed E-state index contributed by atoms with van der Waals surface area (Å²) in [6, 6.07) is 4.28. The van der Waals surface area contributed by atoms with Gasteiger partial charge in [-0.1, -0.05) is 28.1 Å². The van der Waals surface area contributed by atoms with Gasteiger partial charge in [0.05, 0.1) is 15.9 Å². The Balaban J connectivity index is 3.13. The highest BCUT2D eigenvalue weighted by Crippen LogP contribution is 2.25. The van der Waals surface area contributed by atoms with E-state index in [-0.39, 0.29) is 9.88 Å². The lowest BCUT2D eigenvalue weighted by atomic mass is 10.4. The predicted molar refractivity (Wildman–Crippen MR) is 78.4 cm³/mol. The van der Waals surface area contributed by atoms with E-state index in [1.54, 1.807) is 19.1 Å². The Kier molecular flexibility index (Phi) is 5.08. The lowest BCUT2D eigenvalue weighted by Crippen LogP contribution is -2.41. The molecule has 1 rings (SSSR count). The Morgan fingerprint density at radius 2 is 2.06 bits per heavy atom. The second kappa shape index (κ2) is 5.75. The largest absolute Gasteiger partial charge is 0.392 e.